The maximum atomic E-state index is 13.2. The number of alkyl halides is 3. The predicted molar refractivity (Wildman–Crippen MR) is 95.4 cm³/mol. The molecular weight excluding hydrogens is 367 g/mol. The summed E-state index contributed by atoms with van der Waals surface area (Å²) < 4.78 is 39.5. The number of nitrogens with two attached hydrogens (primary N) is 2. The Bertz CT molecular complexity index is 627. The normalized spacial score (nSPS) is 30.7. The highest BCUT2D eigenvalue weighted by Gasteiger charge is 2.38. The molecule has 3 rings (SSSR count). The summed E-state index contributed by atoms with van der Waals surface area (Å²) in [4.78, 5) is 2.31. The molecule has 4 unspecified atom stereocenters. The molecule has 0 spiro atoms. The SMILES string of the molecule is NCC1CCN(C2NC(c3ccc(Cl)c(C(F)(F)F)c3)NCC2CN)C1. The molecule has 2 heterocycles. The molecule has 0 bridgehead atoms. The first-order valence-corrected chi connectivity index (χ1v) is 9.21. The van der Waals surface area contributed by atoms with Gasteiger partial charge in [0, 0.05) is 25.6 Å². The van der Waals surface area contributed by atoms with Crippen molar-refractivity contribution in [3.05, 3.63) is 34.3 Å². The van der Waals surface area contributed by atoms with Gasteiger partial charge in [0.2, 0.25) is 0 Å². The van der Waals surface area contributed by atoms with E-state index in [0.717, 1.165) is 25.6 Å². The predicted octanol–water partition coefficient (Wildman–Crippen LogP) is 1.73. The summed E-state index contributed by atoms with van der Waals surface area (Å²) >= 11 is 5.73. The molecule has 0 radical (unpaired) electrons. The molecule has 1 aromatic carbocycles. The van der Waals surface area contributed by atoms with Gasteiger partial charge in [-0.25, -0.2) is 0 Å². The van der Waals surface area contributed by atoms with E-state index in [0.29, 0.717) is 31.1 Å². The van der Waals surface area contributed by atoms with Gasteiger partial charge < -0.3 is 11.5 Å². The maximum absolute atomic E-state index is 13.2. The Hall–Kier alpha value is -0.900. The van der Waals surface area contributed by atoms with E-state index in [1.54, 1.807) is 6.07 Å². The Balaban J connectivity index is 1.79. The van der Waals surface area contributed by atoms with Crippen molar-refractivity contribution in [1.29, 1.82) is 0 Å². The Morgan fingerprint density at radius 3 is 2.62 bits per heavy atom. The van der Waals surface area contributed by atoms with Crippen molar-refractivity contribution in [3.63, 3.8) is 0 Å². The molecule has 6 N–H and O–H groups in total. The number of halogens is 4. The lowest BCUT2D eigenvalue weighted by atomic mass is 9.98. The molecule has 0 aliphatic carbocycles. The summed E-state index contributed by atoms with van der Waals surface area (Å²) in [5.41, 5.74) is 11.4. The largest absolute Gasteiger partial charge is 0.417 e. The zero-order valence-electron chi connectivity index (χ0n) is 14.4. The summed E-state index contributed by atoms with van der Waals surface area (Å²) in [5, 5.41) is 6.41. The minimum atomic E-state index is -4.48. The van der Waals surface area contributed by atoms with Gasteiger partial charge in [0.15, 0.2) is 0 Å². The average molecular weight is 392 g/mol. The van der Waals surface area contributed by atoms with Gasteiger partial charge in [0.05, 0.1) is 22.9 Å². The van der Waals surface area contributed by atoms with Crippen LogP contribution in [0.4, 0.5) is 13.2 Å². The second-order valence-electron chi connectivity index (χ2n) is 7.07. The maximum Gasteiger partial charge on any atom is 0.417 e. The molecule has 9 heteroatoms. The van der Waals surface area contributed by atoms with Crippen molar-refractivity contribution in [2.45, 2.75) is 24.9 Å². The molecule has 0 aromatic heterocycles. The van der Waals surface area contributed by atoms with E-state index in [9.17, 15) is 13.2 Å². The molecule has 0 saturated carbocycles. The third-order valence-electron chi connectivity index (χ3n) is 5.34. The van der Waals surface area contributed by atoms with Gasteiger partial charge in [0.1, 0.15) is 0 Å². The molecular formula is C17H25ClF3N5. The third kappa shape index (κ3) is 4.16. The lowest BCUT2D eigenvalue weighted by Crippen LogP contribution is -2.61. The quantitative estimate of drug-likeness (QED) is 0.628. The van der Waals surface area contributed by atoms with Crippen LogP contribution in [0.1, 0.15) is 23.7 Å². The Morgan fingerprint density at radius 2 is 2.00 bits per heavy atom. The van der Waals surface area contributed by atoms with Crippen LogP contribution in [0, 0.1) is 11.8 Å². The number of benzene rings is 1. The molecule has 1 aromatic rings. The molecule has 26 heavy (non-hydrogen) atoms. The minimum absolute atomic E-state index is 0.00724. The lowest BCUT2D eigenvalue weighted by Gasteiger charge is -2.43. The van der Waals surface area contributed by atoms with E-state index < -0.39 is 17.9 Å². The minimum Gasteiger partial charge on any atom is -0.330 e. The number of likely N-dealkylation sites (tertiary alicyclic amines) is 1. The molecule has 146 valence electrons. The van der Waals surface area contributed by atoms with Crippen LogP contribution in [0.5, 0.6) is 0 Å². The molecule has 4 atom stereocenters. The summed E-state index contributed by atoms with van der Waals surface area (Å²) in [7, 11) is 0. The van der Waals surface area contributed by atoms with Gasteiger partial charge in [-0.1, -0.05) is 17.7 Å². The topological polar surface area (TPSA) is 79.3 Å². The van der Waals surface area contributed by atoms with Crippen LogP contribution >= 0.6 is 11.6 Å². The fourth-order valence-electron chi connectivity index (χ4n) is 3.82. The number of rotatable bonds is 4. The van der Waals surface area contributed by atoms with Gasteiger partial charge >= 0.3 is 6.18 Å². The molecule has 2 aliphatic heterocycles. The number of hydrogen-bond donors (Lipinski definition) is 4. The average Bonchev–Trinajstić information content (AvgIpc) is 3.09. The first-order chi connectivity index (χ1) is 12.3. The number of nitrogens with zero attached hydrogens (tertiary/aromatic N) is 1. The molecule has 2 saturated heterocycles. The van der Waals surface area contributed by atoms with Crippen molar-refractivity contribution in [1.82, 2.24) is 15.5 Å². The van der Waals surface area contributed by atoms with Crippen molar-refractivity contribution >= 4 is 11.6 Å². The molecule has 2 aliphatic rings. The van der Waals surface area contributed by atoms with Crippen LogP contribution in [0.15, 0.2) is 18.2 Å². The van der Waals surface area contributed by atoms with Gasteiger partial charge in [0.25, 0.3) is 0 Å². The lowest BCUT2D eigenvalue weighted by molar-refractivity contribution is -0.137. The second-order valence-corrected chi connectivity index (χ2v) is 7.48. The summed E-state index contributed by atoms with van der Waals surface area (Å²) in [6, 6.07) is 4.03. The van der Waals surface area contributed by atoms with Gasteiger partial charge in [-0.2, -0.15) is 13.2 Å². The molecule has 2 fully saturated rings. The number of hydrogen-bond acceptors (Lipinski definition) is 5. The highest BCUT2D eigenvalue weighted by atomic mass is 35.5. The van der Waals surface area contributed by atoms with E-state index in [4.69, 9.17) is 23.1 Å². The zero-order valence-corrected chi connectivity index (χ0v) is 15.2. The van der Waals surface area contributed by atoms with Crippen molar-refractivity contribution in [3.8, 4) is 0 Å². The standard InChI is InChI=1S/C17H25ClF3N5/c18-14-2-1-11(5-13(14)17(19,20)21)15-24-8-12(7-23)16(25-15)26-4-3-10(6-22)9-26/h1-2,5,10,12,15-16,24-25H,3-4,6-9,22-23H2. The number of nitrogens with one attached hydrogen (secondary N) is 2. The highest BCUT2D eigenvalue weighted by Crippen LogP contribution is 2.36. The Kier molecular flexibility index (Phi) is 6.11. The van der Waals surface area contributed by atoms with Crippen molar-refractivity contribution < 1.29 is 13.2 Å². The van der Waals surface area contributed by atoms with Crippen molar-refractivity contribution in [2.75, 3.05) is 32.7 Å². The summed E-state index contributed by atoms with van der Waals surface area (Å²) in [5.74, 6) is 0.632. The van der Waals surface area contributed by atoms with E-state index >= 15 is 0 Å². The monoisotopic (exact) mass is 391 g/mol. The van der Waals surface area contributed by atoms with Crippen LogP contribution in [-0.2, 0) is 6.18 Å². The summed E-state index contributed by atoms with van der Waals surface area (Å²) in [6.07, 6.45) is -3.83. The molecule has 0 amide bonds. The van der Waals surface area contributed by atoms with Crippen LogP contribution < -0.4 is 22.1 Å². The Labute approximate surface area is 156 Å². The third-order valence-corrected chi connectivity index (χ3v) is 5.67. The van der Waals surface area contributed by atoms with Crippen LogP contribution in [0.2, 0.25) is 5.02 Å². The highest BCUT2D eigenvalue weighted by molar-refractivity contribution is 6.31. The first kappa shape index (κ1) is 19.9. The van der Waals surface area contributed by atoms with E-state index in [-0.39, 0.29) is 17.1 Å². The van der Waals surface area contributed by atoms with Crippen LogP contribution in [-0.4, -0.2) is 43.8 Å². The smallest absolute Gasteiger partial charge is 0.330 e. The zero-order chi connectivity index (χ0) is 18.9. The van der Waals surface area contributed by atoms with E-state index in [1.165, 1.54) is 6.07 Å². The van der Waals surface area contributed by atoms with Crippen LogP contribution in [0.3, 0.4) is 0 Å². The fraction of sp³-hybridized carbons (Fsp3) is 0.647. The summed E-state index contributed by atoms with van der Waals surface area (Å²) in [6.45, 7) is 3.56. The van der Waals surface area contributed by atoms with Gasteiger partial charge in [-0.3, -0.25) is 15.5 Å². The van der Waals surface area contributed by atoms with Crippen LogP contribution in [0.25, 0.3) is 0 Å². The molecule has 5 nitrogen and oxygen atoms in total. The van der Waals surface area contributed by atoms with E-state index in [1.807, 2.05) is 0 Å². The first-order valence-electron chi connectivity index (χ1n) is 8.83. The Morgan fingerprint density at radius 1 is 1.23 bits per heavy atom. The van der Waals surface area contributed by atoms with Crippen molar-refractivity contribution in [2.24, 2.45) is 23.3 Å². The van der Waals surface area contributed by atoms with E-state index in [2.05, 4.69) is 15.5 Å². The van der Waals surface area contributed by atoms with Gasteiger partial charge in [-0.15, -0.1) is 0 Å². The van der Waals surface area contributed by atoms with Gasteiger partial charge in [-0.05, 0) is 43.1 Å². The fourth-order valence-corrected chi connectivity index (χ4v) is 4.05. The second kappa shape index (κ2) is 8.00.